The molecular formula is C7H12N2. The molecule has 2 nitrogen and oxygen atoms in total. The maximum Gasteiger partial charge on any atom is 0.0978 e. The second kappa shape index (κ2) is 2.36. The largest absolute Gasteiger partial charge is 0.288 e. The minimum atomic E-state index is 0.181. The molecule has 0 aliphatic carbocycles. The van der Waals surface area contributed by atoms with E-state index in [4.69, 9.17) is 5.26 Å². The highest BCUT2D eigenvalue weighted by molar-refractivity contribution is 4.97. The highest BCUT2D eigenvalue weighted by atomic mass is 15.2. The van der Waals surface area contributed by atoms with Crippen molar-refractivity contribution in [2.45, 2.75) is 31.8 Å². The molecule has 1 aliphatic rings. The lowest BCUT2D eigenvalue weighted by atomic mass is 10.2. The first-order valence-electron chi connectivity index (χ1n) is 3.37. The van der Waals surface area contributed by atoms with Gasteiger partial charge < -0.3 is 0 Å². The van der Waals surface area contributed by atoms with Gasteiger partial charge >= 0.3 is 0 Å². The van der Waals surface area contributed by atoms with Gasteiger partial charge in [0.2, 0.25) is 0 Å². The monoisotopic (exact) mass is 124 g/mol. The Balaban J connectivity index is 2.54. The zero-order valence-electron chi connectivity index (χ0n) is 5.96. The van der Waals surface area contributed by atoms with Gasteiger partial charge in [0.25, 0.3) is 0 Å². The lowest BCUT2D eigenvalue weighted by Crippen LogP contribution is -2.28. The molecule has 1 aliphatic heterocycles. The predicted molar refractivity (Wildman–Crippen MR) is 35.9 cm³/mol. The van der Waals surface area contributed by atoms with Crippen LogP contribution in [0.25, 0.3) is 0 Å². The van der Waals surface area contributed by atoms with Gasteiger partial charge in [-0.2, -0.15) is 5.26 Å². The highest BCUT2D eigenvalue weighted by Crippen LogP contribution is 2.20. The summed E-state index contributed by atoms with van der Waals surface area (Å²) in [7, 11) is 2.02. The molecule has 0 radical (unpaired) electrons. The van der Waals surface area contributed by atoms with E-state index >= 15 is 0 Å². The van der Waals surface area contributed by atoms with E-state index in [0.29, 0.717) is 6.04 Å². The molecule has 0 aromatic rings. The fraction of sp³-hybridized carbons (Fsp3) is 0.857. The highest BCUT2D eigenvalue weighted by Gasteiger charge is 2.26. The van der Waals surface area contributed by atoms with Crippen molar-refractivity contribution in [3.8, 4) is 6.07 Å². The van der Waals surface area contributed by atoms with Crippen LogP contribution in [0.5, 0.6) is 0 Å². The maximum absolute atomic E-state index is 8.56. The van der Waals surface area contributed by atoms with Crippen LogP contribution in [-0.4, -0.2) is 24.0 Å². The van der Waals surface area contributed by atoms with E-state index in [1.165, 1.54) is 6.42 Å². The zero-order valence-corrected chi connectivity index (χ0v) is 5.96. The van der Waals surface area contributed by atoms with Crippen molar-refractivity contribution in [3.63, 3.8) is 0 Å². The van der Waals surface area contributed by atoms with Crippen LogP contribution in [0.2, 0.25) is 0 Å². The number of likely N-dealkylation sites (tertiary alicyclic amines) is 1. The first kappa shape index (κ1) is 6.57. The zero-order chi connectivity index (χ0) is 6.85. The maximum atomic E-state index is 8.56. The molecular weight excluding hydrogens is 112 g/mol. The number of nitrogens with zero attached hydrogens (tertiary/aromatic N) is 2. The molecule has 0 saturated carbocycles. The molecule has 0 aromatic carbocycles. The van der Waals surface area contributed by atoms with Gasteiger partial charge in [0.05, 0.1) is 12.1 Å². The normalized spacial score (nSPS) is 36.6. The van der Waals surface area contributed by atoms with Gasteiger partial charge in [0.1, 0.15) is 0 Å². The third-order valence-corrected chi connectivity index (χ3v) is 2.19. The summed E-state index contributed by atoms with van der Waals surface area (Å²) in [6.45, 7) is 2.16. The Hall–Kier alpha value is -0.550. The topological polar surface area (TPSA) is 27.0 Å². The molecule has 2 heteroatoms. The van der Waals surface area contributed by atoms with Gasteiger partial charge in [-0.25, -0.2) is 0 Å². The predicted octanol–water partition coefficient (Wildman–Crippen LogP) is 0.993. The van der Waals surface area contributed by atoms with Crippen molar-refractivity contribution in [2.75, 3.05) is 7.05 Å². The second-order valence-corrected chi connectivity index (χ2v) is 2.74. The average Bonchev–Trinajstić information content (AvgIpc) is 2.15. The van der Waals surface area contributed by atoms with Crippen molar-refractivity contribution in [3.05, 3.63) is 0 Å². The molecule has 1 heterocycles. The summed E-state index contributed by atoms with van der Waals surface area (Å²) in [4.78, 5) is 2.14. The van der Waals surface area contributed by atoms with Crippen molar-refractivity contribution >= 4 is 0 Å². The van der Waals surface area contributed by atoms with Crippen molar-refractivity contribution < 1.29 is 0 Å². The summed E-state index contributed by atoms with van der Waals surface area (Å²) in [6, 6.07) is 3.06. The molecule has 0 aromatic heterocycles. The van der Waals surface area contributed by atoms with Crippen LogP contribution in [0.4, 0.5) is 0 Å². The smallest absolute Gasteiger partial charge is 0.0978 e. The minimum Gasteiger partial charge on any atom is -0.288 e. The van der Waals surface area contributed by atoms with E-state index in [9.17, 15) is 0 Å². The minimum absolute atomic E-state index is 0.181. The van der Waals surface area contributed by atoms with Crippen molar-refractivity contribution in [1.82, 2.24) is 4.90 Å². The molecule has 9 heavy (non-hydrogen) atoms. The fourth-order valence-corrected chi connectivity index (χ4v) is 1.27. The lowest BCUT2D eigenvalue weighted by Gasteiger charge is -2.16. The summed E-state index contributed by atoms with van der Waals surface area (Å²) in [5, 5.41) is 8.56. The van der Waals surface area contributed by atoms with Gasteiger partial charge in [-0.1, -0.05) is 0 Å². The van der Waals surface area contributed by atoms with Crippen LogP contribution in [-0.2, 0) is 0 Å². The van der Waals surface area contributed by atoms with Crippen molar-refractivity contribution in [2.24, 2.45) is 0 Å². The van der Waals surface area contributed by atoms with E-state index in [2.05, 4.69) is 17.9 Å². The van der Waals surface area contributed by atoms with E-state index in [1.807, 2.05) is 7.05 Å². The SMILES string of the molecule is CC1CCC(C#N)N1C. The molecule has 0 spiro atoms. The fourth-order valence-electron chi connectivity index (χ4n) is 1.27. The first-order valence-corrected chi connectivity index (χ1v) is 3.37. The Labute approximate surface area is 56.1 Å². The third-order valence-electron chi connectivity index (χ3n) is 2.19. The summed E-state index contributed by atoms with van der Waals surface area (Å²) in [5.41, 5.74) is 0. The lowest BCUT2D eigenvalue weighted by molar-refractivity contribution is 0.291. The van der Waals surface area contributed by atoms with E-state index < -0.39 is 0 Å². The second-order valence-electron chi connectivity index (χ2n) is 2.74. The number of hydrogen-bond acceptors (Lipinski definition) is 2. The molecule has 1 rings (SSSR count). The van der Waals surface area contributed by atoms with Crippen LogP contribution in [0, 0.1) is 11.3 Å². The molecule has 2 unspecified atom stereocenters. The molecule has 0 bridgehead atoms. The molecule has 0 amide bonds. The van der Waals surface area contributed by atoms with Gasteiger partial charge in [-0.15, -0.1) is 0 Å². The number of rotatable bonds is 0. The van der Waals surface area contributed by atoms with Crippen LogP contribution in [0.15, 0.2) is 0 Å². The van der Waals surface area contributed by atoms with Gasteiger partial charge in [0.15, 0.2) is 0 Å². The molecule has 50 valence electrons. The van der Waals surface area contributed by atoms with Crippen LogP contribution < -0.4 is 0 Å². The number of nitriles is 1. The summed E-state index contributed by atoms with van der Waals surface area (Å²) in [6.07, 6.45) is 2.23. The van der Waals surface area contributed by atoms with Crippen molar-refractivity contribution in [1.29, 1.82) is 5.26 Å². The van der Waals surface area contributed by atoms with E-state index in [0.717, 1.165) is 6.42 Å². The molecule has 2 atom stereocenters. The van der Waals surface area contributed by atoms with Gasteiger partial charge in [0, 0.05) is 6.04 Å². The quantitative estimate of drug-likeness (QED) is 0.481. The summed E-state index contributed by atoms with van der Waals surface area (Å²) < 4.78 is 0. The van der Waals surface area contributed by atoms with Crippen LogP contribution in [0.3, 0.4) is 0 Å². The number of hydrogen-bond donors (Lipinski definition) is 0. The third kappa shape index (κ3) is 1.06. The van der Waals surface area contributed by atoms with Gasteiger partial charge in [-0.3, -0.25) is 4.90 Å². The van der Waals surface area contributed by atoms with Crippen LogP contribution >= 0.6 is 0 Å². The van der Waals surface area contributed by atoms with E-state index in [1.54, 1.807) is 0 Å². The Morgan fingerprint density at radius 3 is 2.44 bits per heavy atom. The Kier molecular flexibility index (Phi) is 1.73. The first-order chi connectivity index (χ1) is 4.25. The Morgan fingerprint density at radius 1 is 1.56 bits per heavy atom. The van der Waals surface area contributed by atoms with E-state index in [-0.39, 0.29) is 6.04 Å². The molecule has 1 fully saturated rings. The Bertz CT molecular complexity index is 136. The van der Waals surface area contributed by atoms with Crippen LogP contribution in [0.1, 0.15) is 19.8 Å². The summed E-state index contributed by atoms with van der Waals surface area (Å²) in [5.74, 6) is 0. The Morgan fingerprint density at radius 2 is 2.22 bits per heavy atom. The van der Waals surface area contributed by atoms with Gasteiger partial charge in [-0.05, 0) is 26.8 Å². The standard InChI is InChI=1S/C7H12N2/c1-6-3-4-7(5-8)9(6)2/h6-7H,3-4H2,1-2H3. The molecule has 0 N–H and O–H groups in total. The molecule has 1 saturated heterocycles. The average molecular weight is 124 g/mol. The summed E-state index contributed by atoms with van der Waals surface area (Å²) >= 11 is 0.